The molecule has 0 aliphatic rings. The average molecular weight is 332 g/mol. The summed E-state index contributed by atoms with van der Waals surface area (Å²) in [6, 6.07) is 9.00. The molecule has 0 spiro atoms. The van der Waals surface area contributed by atoms with Crippen molar-refractivity contribution in [3.63, 3.8) is 0 Å². The molecule has 0 saturated carbocycles. The maximum absolute atomic E-state index is 3.14. The molecule has 0 aliphatic heterocycles. The number of rotatable bonds is 7. The molecule has 0 aromatic heterocycles. The largest absolute Gasteiger partial charge is 0.306 e. The fourth-order valence-electron chi connectivity index (χ4n) is 1.54. The summed E-state index contributed by atoms with van der Waals surface area (Å²) < 4.78 is 3.14. The van der Waals surface area contributed by atoms with Crippen LogP contribution in [0.2, 0.25) is 0 Å². The highest BCUT2D eigenvalue weighted by Gasteiger charge is 1.97. The van der Waals surface area contributed by atoms with Crippen LogP contribution in [0.4, 0.5) is 0 Å². The van der Waals surface area contributed by atoms with Crippen LogP contribution in [0.1, 0.15) is 18.1 Å². The van der Waals surface area contributed by atoms with Gasteiger partial charge in [0.25, 0.3) is 0 Å². The highest BCUT2D eigenvalue weighted by molar-refractivity contribution is 14.1. The molecule has 0 heterocycles. The van der Waals surface area contributed by atoms with E-state index in [0.29, 0.717) is 0 Å². The number of nitrogens with one attached hydrogen (secondary N) is 1. The fraction of sp³-hybridized carbons (Fsp3) is 0.538. The molecular formula is C13H21IN2. The molecule has 0 amide bonds. The van der Waals surface area contributed by atoms with E-state index in [1.807, 2.05) is 0 Å². The van der Waals surface area contributed by atoms with E-state index in [1.54, 1.807) is 0 Å². The van der Waals surface area contributed by atoms with Crippen molar-refractivity contribution in [1.82, 2.24) is 8.43 Å². The van der Waals surface area contributed by atoms with Crippen molar-refractivity contribution in [1.29, 1.82) is 0 Å². The fourth-order valence-corrected chi connectivity index (χ4v) is 1.81. The molecule has 1 N–H and O–H groups in total. The Morgan fingerprint density at radius 2 is 1.69 bits per heavy atom. The van der Waals surface area contributed by atoms with Crippen LogP contribution in [-0.2, 0) is 12.8 Å². The minimum Gasteiger partial charge on any atom is -0.306 e. The zero-order chi connectivity index (χ0) is 11.8. The van der Waals surface area contributed by atoms with E-state index in [0.717, 1.165) is 32.5 Å². The van der Waals surface area contributed by atoms with Crippen molar-refractivity contribution in [3.05, 3.63) is 35.4 Å². The first-order chi connectivity index (χ1) is 7.76. The number of benzene rings is 1. The molecule has 0 fully saturated rings. The van der Waals surface area contributed by atoms with Crippen molar-refractivity contribution in [2.75, 3.05) is 26.7 Å². The van der Waals surface area contributed by atoms with E-state index in [1.165, 1.54) is 11.1 Å². The SMILES string of the molecule is CCN(C)CCc1ccc(CCNI)cc1. The maximum Gasteiger partial charge on any atom is 0.0169 e. The number of nitrogens with zero attached hydrogens (tertiary/aromatic N) is 1. The summed E-state index contributed by atoms with van der Waals surface area (Å²) in [4.78, 5) is 2.34. The third-order valence-corrected chi connectivity index (χ3v) is 3.39. The second-order valence-electron chi connectivity index (χ2n) is 4.10. The number of hydrogen-bond donors (Lipinski definition) is 1. The van der Waals surface area contributed by atoms with Gasteiger partial charge in [-0.2, -0.15) is 0 Å². The molecule has 1 aromatic rings. The maximum atomic E-state index is 3.14. The van der Waals surface area contributed by atoms with E-state index < -0.39 is 0 Å². The highest BCUT2D eigenvalue weighted by atomic mass is 127. The third-order valence-electron chi connectivity index (χ3n) is 2.85. The smallest absolute Gasteiger partial charge is 0.0169 e. The Kier molecular flexibility index (Phi) is 7.00. The Morgan fingerprint density at radius 1 is 1.12 bits per heavy atom. The van der Waals surface area contributed by atoms with Crippen LogP contribution in [0, 0.1) is 0 Å². The summed E-state index contributed by atoms with van der Waals surface area (Å²) in [5.41, 5.74) is 2.85. The van der Waals surface area contributed by atoms with E-state index >= 15 is 0 Å². The monoisotopic (exact) mass is 332 g/mol. The summed E-state index contributed by atoms with van der Waals surface area (Å²) in [5, 5.41) is 0. The molecular weight excluding hydrogens is 311 g/mol. The van der Waals surface area contributed by atoms with Gasteiger partial charge in [0.05, 0.1) is 0 Å². The number of hydrogen-bond acceptors (Lipinski definition) is 2. The van der Waals surface area contributed by atoms with Crippen LogP contribution < -0.4 is 3.53 Å². The van der Waals surface area contributed by atoms with Crippen LogP contribution in [0.3, 0.4) is 0 Å². The normalized spacial score (nSPS) is 11.0. The Balaban J connectivity index is 2.38. The van der Waals surface area contributed by atoms with Gasteiger partial charge in [0.15, 0.2) is 0 Å². The second kappa shape index (κ2) is 8.03. The lowest BCUT2D eigenvalue weighted by atomic mass is 10.1. The van der Waals surface area contributed by atoms with Gasteiger partial charge in [-0.3, -0.25) is 3.53 Å². The molecule has 2 nitrogen and oxygen atoms in total. The molecule has 3 heteroatoms. The van der Waals surface area contributed by atoms with Gasteiger partial charge in [0.1, 0.15) is 0 Å². The lowest BCUT2D eigenvalue weighted by Gasteiger charge is -2.13. The van der Waals surface area contributed by atoms with Crippen LogP contribution in [0.5, 0.6) is 0 Å². The molecule has 1 aromatic carbocycles. The van der Waals surface area contributed by atoms with E-state index in [4.69, 9.17) is 0 Å². The van der Waals surface area contributed by atoms with Crippen LogP contribution >= 0.6 is 22.9 Å². The molecule has 0 unspecified atom stereocenters. The van der Waals surface area contributed by atoms with Crippen molar-refractivity contribution >= 4 is 22.9 Å². The average Bonchev–Trinajstić information content (AvgIpc) is 2.34. The van der Waals surface area contributed by atoms with Crippen molar-refractivity contribution in [2.24, 2.45) is 0 Å². The topological polar surface area (TPSA) is 15.3 Å². The van der Waals surface area contributed by atoms with E-state index in [-0.39, 0.29) is 0 Å². The van der Waals surface area contributed by atoms with Gasteiger partial charge in [-0.25, -0.2) is 0 Å². The zero-order valence-corrected chi connectivity index (χ0v) is 12.3. The quantitative estimate of drug-likeness (QED) is 0.610. The van der Waals surface area contributed by atoms with Gasteiger partial charge < -0.3 is 4.90 Å². The van der Waals surface area contributed by atoms with E-state index in [9.17, 15) is 0 Å². The van der Waals surface area contributed by atoms with Crippen LogP contribution in [0.25, 0.3) is 0 Å². The highest BCUT2D eigenvalue weighted by Crippen LogP contribution is 2.06. The molecule has 0 saturated heterocycles. The molecule has 0 aliphatic carbocycles. The Hall–Kier alpha value is -0.130. The zero-order valence-electron chi connectivity index (χ0n) is 10.2. The Labute approximate surface area is 113 Å². The lowest BCUT2D eigenvalue weighted by Crippen LogP contribution is -2.20. The standard InChI is InChI=1S/C13H21IN2/c1-3-16(2)11-9-13-6-4-12(5-7-13)8-10-15-14/h4-7,15H,3,8-11H2,1-2H3. The Morgan fingerprint density at radius 3 is 2.19 bits per heavy atom. The first-order valence-electron chi connectivity index (χ1n) is 5.86. The van der Waals surface area contributed by atoms with Gasteiger partial charge in [0.2, 0.25) is 0 Å². The van der Waals surface area contributed by atoms with Crippen molar-refractivity contribution in [3.8, 4) is 0 Å². The minimum atomic E-state index is 1.04. The van der Waals surface area contributed by atoms with Gasteiger partial charge >= 0.3 is 0 Å². The molecule has 16 heavy (non-hydrogen) atoms. The summed E-state index contributed by atoms with van der Waals surface area (Å²) in [5.74, 6) is 0. The molecule has 0 radical (unpaired) electrons. The number of halogens is 1. The first kappa shape index (κ1) is 13.9. The molecule has 0 bridgehead atoms. The predicted octanol–water partition coefficient (Wildman–Crippen LogP) is 2.66. The summed E-state index contributed by atoms with van der Waals surface area (Å²) in [7, 11) is 2.17. The summed E-state index contributed by atoms with van der Waals surface area (Å²) in [6.07, 6.45) is 2.26. The van der Waals surface area contributed by atoms with Crippen molar-refractivity contribution < 1.29 is 0 Å². The van der Waals surface area contributed by atoms with Gasteiger partial charge in [0, 0.05) is 36.0 Å². The molecule has 90 valence electrons. The first-order valence-corrected chi connectivity index (χ1v) is 6.94. The third kappa shape index (κ3) is 5.27. The summed E-state index contributed by atoms with van der Waals surface area (Å²) in [6.45, 7) is 5.50. The predicted molar refractivity (Wildman–Crippen MR) is 79.0 cm³/mol. The van der Waals surface area contributed by atoms with Crippen molar-refractivity contribution in [2.45, 2.75) is 19.8 Å². The van der Waals surface area contributed by atoms with Gasteiger partial charge in [-0.15, -0.1) is 0 Å². The number of likely N-dealkylation sites (N-methyl/N-ethyl adjacent to an activating group) is 1. The molecule has 1 rings (SSSR count). The van der Waals surface area contributed by atoms with Crippen LogP contribution in [0.15, 0.2) is 24.3 Å². The van der Waals surface area contributed by atoms with Gasteiger partial charge in [-0.1, -0.05) is 31.2 Å². The Bertz CT molecular complexity index is 284. The minimum absolute atomic E-state index is 1.04. The van der Waals surface area contributed by atoms with Crippen LogP contribution in [-0.4, -0.2) is 31.6 Å². The second-order valence-corrected chi connectivity index (χ2v) is 4.86. The van der Waals surface area contributed by atoms with Gasteiger partial charge in [-0.05, 0) is 37.6 Å². The van der Waals surface area contributed by atoms with E-state index in [2.05, 4.69) is 69.5 Å². The molecule has 0 atom stereocenters. The summed E-state index contributed by atoms with van der Waals surface area (Å²) >= 11 is 2.19. The lowest BCUT2D eigenvalue weighted by molar-refractivity contribution is 0.357.